The maximum atomic E-state index is 11.3. The lowest BCUT2D eigenvalue weighted by atomic mass is 10.0. The van der Waals surface area contributed by atoms with Crippen LogP contribution in [0.3, 0.4) is 0 Å². The molecule has 1 aliphatic heterocycles. The number of nitrogens with two attached hydrogens (primary N) is 1. The molecule has 1 fully saturated rings. The van der Waals surface area contributed by atoms with Gasteiger partial charge in [0, 0.05) is 44.1 Å². The van der Waals surface area contributed by atoms with Crippen LogP contribution < -0.4 is 11.1 Å². The number of piperidine rings is 1. The van der Waals surface area contributed by atoms with Crippen molar-refractivity contribution in [2.75, 3.05) is 18.4 Å². The maximum absolute atomic E-state index is 11.3. The van der Waals surface area contributed by atoms with Gasteiger partial charge in [-0.15, -0.1) is 0 Å². The number of likely N-dealkylation sites (tertiary alicyclic amines) is 1. The molecule has 5 N–H and O–H groups in total. The zero-order valence-electron chi connectivity index (χ0n) is 18.4. The molecule has 0 spiro atoms. The molecule has 3 rings (SSSR count). The first-order valence-electron chi connectivity index (χ1n) is 10.6. The summed E-state index contributed by atoms with van der Waals surface area (Å²) in [7, 11) is 0. The van der Waals surface area contributed by atoms with E-state index in [1.54, 1.807) is 6.92 Å². The largest absolute Gasteiger partial charge is 0.478 e. The fourth-order valence-corrected chi connectivity index (χ4v) is 3.92. The van der Waals surface area contributed by atoms with Gasteiger partial charge in [0.2, 0.25) is 0 Å². The Bertz CT molecular complexity index is 894. The summed E-state index contributed by atoms with van der Waals surface area (Å²) in [5.41, 5.74) is 8.51. The molecule has 1 aromatic heterocycles. The van der Waals surface area contributed by atoms with Crippen LogP contribution in [0.4, 0.5) is 5.82 Å². The molecule has 1 aromatic carbocycles. The molecule has 1 saturated heterocycles. The van der Waals surface area contributed by atoms with Gasteiger partial charge >= 0.3 is 5.97 Å². The Balaban J connectivity index is 0.00000166. The van der Waals surface area contributed by atoms with Gasteiger partial charge in [0.15, 0.2) is 0 Å². The second-order valence-corrected chi connectivity index (χ2v) is 7.73. The third-order valence-corrected chi connectivity index (χ3v) is 5.61. The van der Waals surface area contributed by atoms with Gasteiger partial charge in [0.25, 0.3) is 0 Å². The summed E-state index contributed by atoms with van der Waals surface area (Å²) < 4.78 is 0. The Kier molecular flexibility index (Phi) is 9.43. The third kappa shape index (κ3) is 6.50. The summed E-state index contributed by atoms with van der Waals surface area (Å²) >= 11 is 6.24. The van der Waals surface area contributed by atoms with Crippen molar-refractivity contribution >= 4 is 29.1 Å². The number of halogens is 1. The van der Waals surface area contributed by atoms with Crippen molar-refractivity contribution in [2.45, 2.75) is 52.7 Å². The van der Waals surface area contributed by atoms with Gasteiger partial charge in [0.05, 0.1) is 16.1 Å². The van der Waals surface area contributed by atoms with Crippen LogP contribution in [-0.4, -0.2) is 45.8 Å². The summed E-state index contributed by atoms with van der Waals surface area (Å²) in [4.78, 5) is 17.9. The maximum Gasteiger partial charge on any atom is 0.338 e. The Morgan fingerprint density at radius 1 is 1.26 bits per heavy atom. The Hall–Kier alpha value is -2.48. The standard InChI is InChI=1S/C21H26ClN5O2.C2H6/c1-13(24)18-19(22)17(21(28)29)11-25-20(18)26-16-6-8-27(9-7-16)12-15-4-2-14(10-23)3-5-15;1-2/h2-5,11,16,24H,6-10,12,23H2,1H3,(H,25,26)(H,28,29);1-2H3. The van der Waals surface area contributed by atoms with E-state index in [1.165, 1.54) is 11.8 Å². The molecule has 0 bridgehead atoms. The number of aromatic nitrogens is 1. The second kappa shape index (κ2) is 11.8. The molecule has 0 unspecified atom stereocenters. The number of carboxylic acids is 1. The lowest BCUT2D eigenvalue weighted by Crippen LogP contribution is -2.39. The fraction of sp³-hybridized carbons (Fsp3) is 0.435. The number of pyridine rings is 1. The van der Waals surface area contributed by atoms with Crippen molar-refractivity contribution in [1.29, 1.82) is 5.41 Å². The van der Waals surface area contributed by atoms with E-state index in [1.807, 2.05) is 13.8 Å². The minimum Gasteiger partial charge on any atom is -0.478 e. The van der Waals surface area contributed by atoms with Crippen molar-refractivity contribution in [3.8, 4) is 0 Å². The predicted octanol–water partition coefficient (Wildman–Crippen LogP) is 4.38. The van der Waals surface area contributed by atoms with Crippen molar-refractivity contribution in [2.24, 2.45) is 5.73 Å². The summed E-state index contributed by atoms with van der Waals surface area (Å²) in [5.74, 6) is -0.673. The Morgan fingerprint density at radius 2 is 1.84 bits per heavy atom. The normalized spacial score (nSPS) is 14.5. The first-order chi connectivity index (χ1) is 14.9. The van der Waals surface area contributed by atoms with E-state index < -0.39 is 5.97 Å². The van der Waals surface area contributed by atoms with E-state index in [9.17, 15) is 9.90 Å². The summed E-state index contributed by atoms with van der Waals surface area (Å²) in [6.07, 6.45) is 3.11. The average molecular weight is 446 g/mol. The highest BCUT2D eigenvalue weighted by Crippen LogP contribution is 2.28. The van der Waals surface area contributed by atoms with Crippen molar-refractivity contribution < 1.29 is 9.90 Å². The zero-order chi connectivity index (χ0) is 23.0. The van der Waals surface area contributed by atoms with E-state index in [2.05, 4.69) is 39.5 Å². The molecule has 7 nitrogen and oxygen atoms in total. The van der Waals surface area contributed by atoms with Gasteiger partial charge in [-0.3, -0.25) is 4.90 Å². The van der Waals surface area contributed by atoms with Gasteiger partial charge in [-0.25, -0.2) is 9.78 Å². The van der Waals surface area contributed by atoms with Gasteiger partial charge in [-0.2, -0.15) is 0 Å². The number of rotatable bonds is 7. The van der Waals surface area contributed by atoms with Crippen LogP contribution in [0.2, 0.25) is 5.02 Å². The highest BCUT2D eigenvalue weighted by molar-refractivity contribution is 6.37. The van der Waals surface area contributed by atoms with Crippen LogP contribution in [0, 0.1) is 5.41 Å². The molecule has 0 aliphatic carbocycles. The SMILES string of the molecule is CC.CC(=N)c1c(NC2CCN(Cc3ccc(CN)cc3)CC2)ncc(C(=O)O)c1Cl. The van der Waals surface area contributed by atoms with Crippen LogP contribution in [0.1, 0.15) is 60.7 Å². The van der Waals surface area contributed by atoms with Crippen LogP contribution in [0.5, 0.6) is 0 Å². The van der Waals surface area contributed by atoms with Gasteiger partial charge in [0.1, 0.15) is 5.82 Å². The molecule has 2 aromatic rings. The summed E-state index contributed by atoms with van der Waals surface area (Å²) in [6.45, 7) is 8.92. The molecule has 1 aliphatic rings. The first kappa shape index (κ1) is 24.8. The highest BCUT2D eigenvalue weighted by atomic mass is 35.5. The lowest BCUT2D eigenvalue weighted by molar-refractivity contribution is 0.0696. The number of aromatic carboxylic acids is 1. The van der Waals surface area contributed by atoms with Gasteiger partial charge < -0.3 is 21.6 Å². The average Bonchev–Trinajstić information content (AvgIpc) is 2.76. The number of nitrogens with one attached hydrogen (secondary N) is 2. The van der Waals surface area contributed by atoms with Gasteiger partial charge in [-0.1, -0.05) is 49.7 Å². The topological polar surface area (TPSA) is 115 Å². The molecule has 168 valence electrons. The monoisotopic (exact) mass is 445 g/mol. The van der Waals surface area contributed by atoms with E-state index in [4.69, 9.17) is 22.7 Å². The lowest BCUT2D eigenvalue weighted by Gasteiger charge is -2.33. The molecule has 8 heteroatoms. The van der Waals surface area contributed by atoms with Crippen LogP contribution >= 0.6 is 11.6 Å². The number of carboxylic acid groups (broad SMARTS) is 1. The van der Waals surface area contributed by atoms with E-state index >= 15 is 0 Å². The number of benzene rings is 1. The molecule has 2 heterocycles. The fourth-order valence-electron chi connectivity index (χ4n) is 3.56. The van der Waals surface area contributed by atoms with E-state index in [-0.39, 0.29) is 22.3 Å². The second-order valence-electron chi connectivity index (χ2n) is 7.35. The highest BCUT2D eigenvalue weighted by Gasteiger charge is 2.23. The van der Waals surface area contributed by atoms with Crippen molar-refractivity contribution in [3.05, 3.63) is 57.7 Å². The molecule has 0 atom stereocenters. The molecular formula is C23H32ClN5O2. The van der Waals surface area contributed by atoms with Crippen LogP contribution in [-0.2, 0) is 13.1 Å². The van der Waals surface area contributed by atoms with E-state index in [0.717, 1.165) is 38.0 Å². The zero-order valence-corrected chi connectivity index (χ0v) is 19.2. The Labute approximate surface area is 189 Å². The first-order valence-corrected chi connectivity index (χ1v) is 11.0. The van der Waals surface area contributed by atoms with Crippen LogP contribution in [0.15, 0.2) is 30.5 Å². The summed E-state index contributed by atoms with van der Waals surface area (Å²) in [6, 6.07) is 8.59. The Morgan fingerprint density at radius 3 is 2.35 bits per heavy atom. The van der Waals surface area contributed by atoms with E-state index in [0.29, 0.717) is 17.9 Å². The molecule has 31 heavy (non-hydrogen) atoms. The number of anilines is 1. The minimum absolute atomic E-state index is 0.0564. The van der Waals surface area contributed by atoms with Crippen molar-refractivity contribution in [3.63, 3.8) is 0 Å². The number of carbonyl (C=O) groups is 1. The quantitative estimate of drug-likeness (QED) is 0.470. The van der Waals surface area contributed by atoms with Crippen molar-refractivity contribution in [1.82, 2.24) is 9.88 Å². The molecule has 0 saturated carbocycles. The predicted molar refractivity (Wildman–Crippen MR) is 126 cm³/mol. The number of nitrogens with zero attached hydrogens (tertiary/aromatic N) is 2. The third-order valence-electron chi connectivity index (χ3n) is 5.21. The molecule has 0 radical (unpaired) electrons. The number of hydrogen-bond acceptors (Lipinski definition) is 6. The van der Waals surface area contributed by atoms with Crippen LogP contribution in [0.25, 0.3) is 0 Å². The number of hydrogen-bond donors (Lipinski definition) is 4. The summed E-state index contributed by atoms with van der Waals surface area (Å²) in [5, 5.41) is 20.6. The molecule has 0 amide bonds. The smallest absolute Gasteiger partial charge is 0.338 e. The van der Waals surface area contributed by atoms with Gasteiger partial charge in [-0.05, 0) is 30.9 Å². The minimum atomic E-state index is -1.15. The molecular weight excluding hydrogens is 414 g/mol.